The Hall–Kier alpha value is -0.590. The first-order valence-electron chi connectivity index (χ1n) is 6.00. The summed E-state index contributed by atoms with van der Waals surface area (Å²) < 4.78 is 22.8. The number of hydrogen-bond acceptors (Lipinski definition) is 4. The normalized spacial score (nSPS) is 11.9. The van der Waals surface area contributed by atoms with Gasteiger partial charge in [0.2, 0.25) is 0 Å². The van der Waals surface area contributed by atoms with Crippen molar-refractivity contribution in [1.82, 2.24) is 4.90 Å². The van der Waals surface area contributed by atoms with Crippen LogP contribution < -0.4 is 0 Å². The van der Waals surface area contributed by atoms with Crippen LogP contribution in [-0.4, -0.2) is 32.3 Å². The monoisotopic (exact) mass is 323 g/mol. The third-order valence-electron chi connectivity index (χ3n) is 2.70. The molecule has 1 aromatic heterocycles. The number of amides is 1. The lowest BCUT2D eigenvalue weighted by Crippen LogP contribution is -2.34. The Morgan fingerprint density at radius 3 is 2.42 bits per heavy atom. The van der Waals surface area contributed by atoms with E-state index in [0.717, 1.165) is 11.3 Å². The third kappa shape index (κ3) is 3.94. The molecule has 0 bridgehead atoms. The van der Waals surface area contributed by atoms with Crippen molar-refractivity contribution >= 4 is 37.0 Å². The summed E-state index contributed by atoms with van der Waals surface area (Å²) in [6, 6.07) is 0. The van der Waals surface area contributed by atoms with Crippen molar-refractivity contribution in [2.24, 2.45) is 5.92 Å². The van der Waals surface area contributed by atoms with E-state index < -0.39 is 9.05 Å². The molecule has 0 radical (unpaired) electrons. The number of carbonyl (C=O) groups excluding carboxylic acids is 1. The van der Waals surface area contributed by atoms with Crippen LogP contribution in [0.3, 0.4) is 0 Å². The maximum absolute atomic E-state index is 12.4. The molecule has 0 saturated carbocycles. The van der Waals surface area contributed by atoms with E-state index in [4.69, 9.17) is 10.7 Å². The van der Waals surface area contributed by atoms with E-state index >= 15 is 0 Å². The number of nitrogens with zero attached hydrogens (tertiary/aromatic N) is 1. The molecule has 0 N–H and O–H groups in total. The van der Waals surface area contributed by atoms with Gasteiger partial charge in [0.25, 0.3) is 15.0 Å². The van der Waals surface area contributed by atoms with Crippen LogP contribution in [0.4, 0.5) is 0 Å². The molecule has 0 spiro atoms. The van der Waals surface area contributed by atoms with Gasteiger partial charge in [-0.15, -0.1) is 11.3 Å². The summed E-state index contributed by atoms with van der Waals surface area (Å²) in [6.07, 6.45) is 0. The van der Waals surface area contributed by atoms with Crippen molar-refractivity contribution in [2.45, 2.75) is 31.9 Å². The Morgan fingerprint density at radius 1 is 1.47 bits per heavy atom. The van der Waals surface area contributed by atoms with E-state index in [1.54, 1.807) is 17.2 Å². The van der Waals surface area contributed by atoms with E-state index in [9.17, 15) is 13.2 Å². The van der Waals surface area contributed by atoms with Crippen molar-refractivity contribution in [3.63, 3.8) is 0 Å². The average Bonchev–Trinajstić information content (AvgIpc) is 2.66. The van der Waals surface area contributed by atoms with Gasteiger partial charge in [-0.3, -0.25) is 4.79 Å². The molecule has 4 nitrogen and oxygen atoms in total. The molecule has 7 heteroatoms. The van der Waals surface area contributed by atoms with Gasteiger partial charge in [0.05, 0.1) is 5.56 Å². The second-order valence-corrected chi connectivity index (χ2v) is 8.38. The topological polar surface area (TPSA) is 54.5 Å². The molecule has 0 aliphatic carbocycles. The summed E-state index contributed by atoms with van der Waals surface area (Å²) in [7, 11) is 1.56. The maximum Gasteiger partial charge on any atom is 0.271 e. The first-order chi connectivity index (χ1) is 8.68. The SMILES string of the molecule is CCN(CC(C)C)C(=O)c1csc(S(=O)(=O)Cl)c1C. The van der Waals surface area contributed by atoms with Crippen LogP contribution in [0, 0.1) is 12.8 Å². The van der Waals surface area contributed by atoms with Gasteiger partial charge in [-0.05, 0) is 25.3 Å². The van der Waals surface area contributed by atoms with Crippen molar-refractivity contribution in [3.8, 4) is 0 Å². The van der Waals surface area contributed by atoms with Crippen molar-refractivity contribution in [3.05, 3.63) is 16.5 Å². The highest BCUT2D eigenvalue weighted by Gasteiger charge is 2.24. The van der Waals surface area contributed by atoms with Crippen LogP contribution in [0.1, 0.15) is 36.7 Å². The van der Waals surface area contributed by atoms with E-state index in [1.165, 1.54) is 0 Å². The highest BCUT2D eigenvalue weighted by Crippen LogP contribution is 2.30. The molecule has 1 amide bonds. The van der Waals surface area contributed by atoms with Gasteiger partial charge >= 0.3 is 0 Å². The van der Waals surface area contributed by atoms with Crippen LogP contribution in [0.25, 0.3) is 0 Å². The number of hydrogen-bond donors (Lipinski definition) is 0. The molecule has 0 saturated heterocycles. The highest BCUT2D eigenvalue weighted by atomic mass is 35.7. The molecule has 0 unspecified atom stereocenters. The zero-order chi connectivity index (χ0) is 14.8. The van der Waals surface area contributed by atoms with Gasteiger partial charge < -0.3 is 4.90 Å². The largest absolute Gasteiger partial charge is 0.339 e. The zero-order valence-corrected chi connectivity index (χ0v) is 13.8. The van der Waals surface area contributed by atoms with E-state index in [2.05, 4.69) is 0 Å². The first kappa shape index (κ1) is 16.5. The van der Waals surface area contributed by atoms with Gasteiger partial charge in [-0.2, -0.15) is 0 Å². The van der Waals surface area contributed by atoms with Crippen molar-refractivity contribution in [2.75, 3.05) is 13.1 Å². The molecule has 0 atom stereocenters. The fourth-order valence-electron chi connectivity index (χ4n) is 1.82. The molecule has 0 fully saturated rings. The van der Waals surface area contributed by atoms with E-state index in [1.807, 2.05) is 20.8 Å². The number of halogens is 1. The lowest BCUT2D eigenvalue weighted by Gasteiger charge is -2.22. The quantitative estimate of drug-likeness (QED) is 0.782. The molecule has 1 rings (SSSR count). The number of rotatable bonds is 5. The summed E-state index contributed by atoms with van der Waals surface area (Å²) in [4.78, 5) is 14.1. The molecule has 0 aromatic carbocycles. The number of carbonyl (C=O) groups is 1. The molecule has 1 heterocycles. The van der Waals surface area contributed by atoms with E-state index in [-0.39, 0.29) is 10.1 Å². The summed E-state index contributed by atoms with van der Waals surface area (Å²) in [5.74, 6) is 0.218. The van der Waals surface area contributed by atoms with Crippen molar-refractivity contribution < 1.29 is 13.2 Å². The second-order valence-electron chi connectivity index (χ2n) is 4.74. The van der Waals surface area contributed by atoms with Crippen LogP contribution in [0.5, 0.6) is 0 Å². The summed E-state index contributed by atoms with van der Waals surface area (Å²) in [5.41, 5.74) is 0.860. The summed E-state index contributed by atoms with van der Waals surface area (Å²) in [6.45, 7) is 8.82. The standard InChI is InChI=1S/C12H18ClNO3S2/c1-5-14(6-8(2)3)11(15)10-7-18-12(9(10)4)19(13,16)17/h7-8H,5-6H2,1-4H3. The van der Waals surface area contributed by atoms with Gasteiger partial charge in [0, 0.05) is 29.2 Å². The van der Waals surface area contributed by atoms with Crippen LogP contribution in [0.15, 0.2) is 9.59 Å². The Bertz CT molecular complexity index is 564. The van der Waals surface area contributed by atoms with Crippen molar-refractivity contribution in [1.29, 1.82) is 0 Å². The fraction of sp³-hybridized carbons (Fsp3) is 0.583. The summed E-state index contributed by atoms with van der Waals surface area (Å²) in [5, 5.41) is 1.57. The maximum atomic E-state index is 12.4. The Morgan fingerprint density at radius 2 is 2.05 bits per heavy atom. The summed E-state index contributed by atoms with van der Waals surface area (Å²) >= 11 is 0.991. The average molecular weight is 324 g/mol. The Labute approximate surface area is 122 Å². The van der Waals surface area contributed by atoms with Crippen LogP contribution in [0.2, 0.25) is 0 Å². The molecule has 0 aliphatic rings. The minimum absolute atomic E-state index is 0.0538. The van der Waals surface area contributed by atoms with Gasteiger partial charge in [-0.1, -0.05) is 13.8 Å². The highest BCUT2D eigenvalue weighted by molar-refractivity contribution is 8.15. The van der Waals surface area contributed by atoms with Gasteiger partial charge in [-0.25, -0.2) is 8.42 Å². The fourth-order valence-corrected chi connectivity index (χ4v) is 4.36. The second kappa shape index (κ2) is 6.24. The smallest absolute Gasteiger partial charge is 0.271 e. The lowest BCUT2D eigenvalue weighted by molar-refractivity contribution is 0.0745. The predicted octanol–water partition coefficient (Wildman–Crippen LogP) is 3.10. The Kier molecular flexibility index (Phi) is 5.41. The minimum atomic E-state index is -3.78. The first-order valence-corrected chi connectivity index (χ1v) is 9.19. The number of thiophene rings is 1. The molecule has 1 aromatic rings. The van der Waals surface area contributed by atoms with E-state index in [0.29, 0.717) is 30.1 Å². The minimum Gasteiger partial charge on any atom is -0.339 e. The predicted molar refractivity (Wildman–Crippen MR) is 78.5 cm³/mol. The lowest BCUT2D eigenvalue weighted by atomic mass is 10.1. The molecular weight excluding hydrogens is 306 g/mol. The Balaban J connectivity index is 3.10. The van der Waals surface area contributed by atoms with Crippen LogP contribution >= 0.6 is 22.0 Å². The van der Waals surface area contributed by atoms with Gasteiger partial charge in [0.15, 0.2) is 0 Å². The third-order valence-corrected chi connectivity index (χ3v) is 6.01. The molecular formula is C12H18ClNO3S2. The molecule has 0 aliphatic heterocycles. The van der Waals surface area contributed by atoms with Crippen LogP contribution in [-0.2, 0) is 9.05 Å². The zero-order valence-electron chi connectivity index (χ0n) is 11.4. The molecule has 19 heavy (non-hydrogen) atoms. The molecule has 108 valence electrons. The van der Waals surface area contributed by atoms with Gasteiger partial charge in [0.1, 0.15) is 4.21 Å².